The monoisotopic (exact) mass is 861 g/mol. The summed E-state index contributed by atoms with van der Waals surface area (Å²) in [6.07, 6.45) is 65.5. The highest BCUT2D eigenvalue weighted by molar-refractivity contribution is 5.71. The van der Waals surface area contributed by atoms with Gasteiger partial charge in [-0.2, -0.15) is 0 Å². The van der Waals surface area contributed by atoms with Gasteiger partial charge in [-0.1, -0.05) is 214 Å². The van der Waals surface area contributed by atoms with Gasteiger partial charge in [-0.3, -0.25) is 14.4 Å². The van der Waals surface area contributed by atoms with Crippen molar-refractivity contribution in [1.82, 2.24) is 0 Å². The Kier molecular flexibility index (Phi) is 47.0. The molecule has 0 saturated carbocycles. The van der Waals surface area contributed by atoms with Crippen molar-refractivity contribution in [2.75, 3.05) is 13.2 Å². The van der Waals surface area contributed by atoms with E-state index in [1.165, 1.54) is 83.5 Å². The third kappa shape index (κ3) is 47.4. The number of hydrogen-bond donors (Lipinski definition) is 0. The van der Waals surface area contributed by atoms with Crippen LogP contribution in [0.25, 0.3) is 0 Å². The van der Waals surface area contributed by atoms with Crippen LogP contribution in [0.4, 0.5) is 0 Å². The van der Waals surface area contributed by atoms with Crippen LogP contribution < -0.4 is 0 Å². The van der Waals surface area contributed by atoms with Gasteiger partial charge in [0.2, 0.25) is 0 Å². The van der Waals surface area contributed by atoms with Gasteiger partial charge in [0, 0.05) is 19.3 Å². The number of carbonyl (C=O) groups excluding carboxylic acids is 3. The van der Waals surface area contributed by atoms with Crippen LogP contribution in [0.15, 0.2) is 97.2 Å². The Morgan fingerprint density at radius 1 is 0.339 bits per heavy atom. The summed E-state index contributed by atoms with van der Waals surface area (Å²) >= 11 is 0. The highest BCUT2D eigenvalue weighted by atomic mass is 16.6. The van der Waals surface area contributed by atoms with Crippen LogP contribution in [0, 0.1) is 0 Å². The zero-order valence-corrected chi connectivity index (χ0v) is 40.1. The Bertz CT molecular complexity index is 1260. The van der Waals surface area contributed by atoms with Crippen molar-refractivity contribution >= 4 is 17.9 Å². The normalized spacial score (nSPS) is 12.9. The van der Waals surface area contributed by atoms with Gasteiger partial charge in [-0.05, 0) is 83.5 Å². The summed E-state index contributed by atoms with van der Waals surface area (Å²) in [5.74, 6) is -1.03. The zero-order chi connectivity index (χ0) is 45.1. The molecule has 0 heterocycles. The minimum absolute atomic E-state index is 0.121. The average Bonchev–Trinajstić information content (AvgIpc) is 3.27. The number of carbonyl (C=O) groups is 3. The summed E-state index contributed by atoms with van der Waals surface area (Å²) in [6, 6.07) is 0. The van der Waals surface area contributed by atoms with Gasteiger partial charge in [0.1, 0.15) is 13.2 Å². The second kappa shape index (κ2) is 50.0. The standard InChI is InChI=1S/C56H92O6/c1-4-7-10-13-16-19-22-24-26-28-30-31-34-37-40-43-46-49-55(58)61-52-53(51-60-54(57)48-45-42-39-36-33-21-18-15-12-9-6-3)62-56(59)50-47-44-41-38-35-32-29-27-25-23-20-17-14-11-8-5-2/h7,9-10,12,16,18-19,21,24,26,30-31,36-37,39-40,53H,4-6,8,11,13-15,17,20,22-23,25,27-29,32-35,38,41-52H2,1-3H3/b10-7-,12-9-,19-16-,21-18-,26-24-,31-30-,39-36-,40-37-. The molecule has 0 saturated heterocycles. The molecular formula is C56H92O6. The van der Waals surface area contributed by atoms with Gasteiger partial charge in [0.15, 0.2) is 6.10 Å². The fourth-order valence-corrected chi connectivity index (χ4v) is 6.62. The highest BCUT2D eigenvalue weighted by Crippen LogP contribution is 2.15. The molecule has 0 rings (SSSR count). The van der Waals surface area contributed by atoms with Crippen molar-refractivity contribution in [2.24, 2.45) is 0 Å². The lowest BCUT2D eigenvalue weighted by Crippen LogP contribution is -2.30. The first-order valence-electron chi connectivity index (χ1n) is 25.2. The van der Waals surface area contributed by atoms with Crippen LogP contribution in [0.3, 0.4) is 0 Å². The summed E-state index contributed by atoms with van der Waals surface area (Å²) in [5.41, 5.74) is 0. The maximum Gasteiger partial charge on any atom is 0.306 e. The summed E-state index contributed by atoms with van der Waals surface area (Å²) in [7, 11) is 0. The molecule has 0 radical (unpaired) electrons. The fraction of sp³-hybridized carbons (Fsp3) is 0.661. The molecule has 1 unspecified atom stereocenters. The molecule has 0 aliphatic carbocycles. The number of rotatable bonds is 44. The number of hydrogen-bond acceptors (Lipinski definition) is 6. The van der Waals surface area contributed by atoms with Gasteiger partial charge in [0.25, 0.3) is 0 Å². The number of esters is 3. The summed E-state index contributed by atoms with van der Waals surface area (Å²) in [4.78, 5) is 37.9. The van der Waals surface area contributed by atoms with Crippen LogP contribution in [-0.4, -0.2) is 37.2 Å². The van der Waals surface area contributed by atoms with Crippen molar-refractivity contribution in [1.29, 1.82) is 0 Å². The molecule has 0 aromatic heterocycles. The van der Waals surface area contributed by atoms with E-state index in [4.69, 9.17) is 14.2 Å². The smallest absolute Gasteiger partial charge is 0.306 e. The Labute approximate surface area is 381 Å². The van der Waals surface area contributed by atoms with Crippen LogP contribution in [0.1, 0.15) is 220 Å². The van der Waals surface area contributed by atoms with E-state index in [9.17, 15) is 14.4 Å². The Balaban J connectivity index is 4.50. The first-order valence-corrected chi connectivity index (χ1v) is 25.2. The van der Waals surface area contributed by atoms with Gasteiger partial charge in [-0.15, -0.1) is 0 Å². The minimum Gasteiger partial charge on any atom is -0.462 e. The molecule has 352 valence electrons. The van der Waals surface area contributed by atoms with Crippen LogP contribution in [0.5, 0.6) is 0 Å². The maximum absolute atomic E-state index is 12.8. The van der Waals surface area contributed by atoms with Crippen molar-refractivity contribution in [2.45, 2.75) is 226 Å². The molecule has 0 aromatic rings. The molecule has 0 aliphatic heterocycles. The van der Waals surface area contributed by atoms with Crippen LogP contribution >= 0.6 is 0 Å². The summed E-state index contributed by atoms with van der Waals surface area (Å²) < 4.78 is 16.7. The molecule has 6 nitrogen and oxygen atoms in total. The lowest BCUT2D eigenvalue weighted by molar-refractivity contribution is -0.167. The third-order valence-electron chi connectivity index (χ3n) is 10.3. The SMILES string of the molecule is CC/C=C\C/C=C\C/C=C\C/C=C\C/C=C\CCCC(=O)OCC(COC(=O)CCC/C=C\C/C=C\C/C=C\CC)OC(=O)CCCCCCCCCCCCCCCCCC. The van der Waals surface area contributed by atoms with E-state index in [0.717, 1.165) is 83.5 Å². The number of ether oxygens (including phenoxy) is 3. The van der Waals surface area contributed by atoms with Crippen molar-refractivity contribution in [3.8, 4) is 0 Å². The van der Waals surface area contributed by atoms with Crippen molar-refractivity contribution in [3.63, 3.8) is 0 Å². The predicted molar refractivity (Wildman–Crippen MR) is 265 cm³/mol. The Hall–Kier alpha value is -3.67. The first kappa shape index (κ1) is 58.3. The van der Waals surface area contributed by atoms with E-state index in [0.29, 0.717) is 19.3 Å². The number of allylic oxidation sites excluding steroid dienone is 16. The highest BCUT2D eigenvalue weighted by Gasteiger charge is 2.19. The molecule has 0 amide bonds. The quantitative estimate of drug-likeness (QED) is 0.0263. The van der Waals surface area contributed by atoms with Crippen molar-refractivity contribution < 1.29 is 28.6 Å². The number of unbranched alkanes of at least 4 members (excludes halogenated alkanes) is 17. The molecule has 1 atom stereocenters. The van der Waals surface area contributed by atoms with E-state index >= 15 is 0 Å². The zero-order valence-electron chi connectivity index (χ0n) is 40.1. The van der Waals surface area contributed by atoms with Gasteiger partial charge in [0.05, 0.1) is 0 Å². The Morgan fingerprint density at radius 2 is 0.629 bits per heavy atom. The summed E-state index contributed by atoms with van der Waals surface area (Å²) in [5, 5.41) is 0. The predicted octanol–water partition coefficient (Wildman–Crippen LogP) is 16.6. The van der Waals surface area contributed by atoms with E-state index in [1.54, 1.807) is 0 Å². The average molecular weight is 861 g/mol. The topological polar surface area (TPSA) is 78.9 Å². The second-order valence-electron chi connectivity index (χ2n) is 16.3. The van der Waals surface area contributed by atoms with Gasteiger partial charge in [-0.25, -0.2) is 0 Å². The molecule has 0 aliphatic rings. The van der Waals surface area contributed by atoms with E-state index in [-0.39, 0.29) is 44.0 Å². The maximum atomic E-state index is 12.8. The summed E-state index contributed by atoms with van der Waals surface area (Å²) in [6.45, 7) is 6.30. The molecule has 6 heteroatoms. The van der Waals surface area contributed by atoms with Crippen molar-refractivity contribution in [3.05, 3.63) is 97.2 Å². The van der Waals surface area contributed by atoms with Crippen LogP contribution in [-0.2, 0) is 28.6 Å². The second-order valence-corrected chi connectivity index (χ2v) is 16.3. The molecule has 0 N–H and O–H groups in total. The van der Waals surface area contributed by atoms with E-state index in [2.05, 4.69) is 118 Å². The molecule has 0 aromatic carbocycles. The van der Waals surface area contributed by atoms with Gasteiger partial charge < -0.3 is 14.2 Å². The lowest BCUT2D eigenvalue weighted by atomic mass is 10.0. The van der Waals surface area contributed by atoms with Gasteiger partial charge >= 0.3 is 17.9 Å². The third-order valence-corrected chi connectivity index (χ3v) is 10.3. The molecule has 0 spiro atoms. The lowest BCUT2D eigenvalue weighted by Gasteiger charge is -2.18. The molecule has 0 fully saturated rings. The fourth-order valence-electron chi connectivity index (χ4n) is 6.62. The Morgan fingerprint density at radius 3 is 0.968 bits per heavy atom. The molecule has 62 heavy (non-hydrogen) atoms. The molecule has 0 bridgehead atoms. The largest absolute Gasteiger partial charge is 0.462 e. The van der Waals surface area contributed by atoms with E-state index < -0.39 is 6.10 Å². The van der Waals surface area contributed by atoms with Crippen LogP contribution in [0.2, 0.25) is 0 Å². The first-order chi connectivity index (χ1) is 30.5. The van der Waals surface area contributed by atoms with E-state index in [1.807, 2.05) is 0 Å². The molecular weight excluding hydrogens is 769 g/mol. The minimum atomic E-state index is -0.818.